The molecule has 7 heteroatoms. The Morgan fingerprint density at radius 3 is 2.90 bits per heavy atom. The first-order chi connectivity index (χ1) is 14.1. The molecule has 0 spiro atoms. The minimum Gasteiger partial charge on any atom is -0.396 e. The zero-order valence-electron chi connectivity index (χ0n) is 16.1. The summed E-state index contributed by atoms with van der Waals surface area (Å²) in [7, 11) is 0. The molecule has 4 rings (SSSR count). The predicted molar refractivity (Wildman–Crippen MR) is 110 cm³/mol. The van der Waals surface area contributed by atoms with E-state index in [9.17, 15) is 4.39 Å². The van der Waals surface area contributed by atoms with Gasteiger partial charge in [0, 0.05) is 29.9 Å². The molecule has 147 valence electrons. The summed E-state index contributed by atoms with van der Waals surface area (Å²) in [6.07, 6.45) is 4.69. The lowest BCUT2D eigenvalue weighted by Gasteiger charge is -2.28. The molecule has 6 nitrogen and oxygen atoms in total. The SMILES string of the molecule is [CH2]CO/N=C1\C[C@@H](c2ccc(F)cc2-c2cccnc2)Cc2nc(N)nc(C)c21. The van der Waals surface area contributed by atoms with Crippen LogP contribution in [0.2, 0.25) is 0 Å². The highest BCUT2D eigenvalue weighted by atomic mass is 19.1. The van der Waals surface area contributed by atoms with Crippen molar-refractivity contribution >= 4 is 11.7 Å². The smallest absolute Gasteiger partial charge is 0.220 e. The molecule has 0 fully saturated rings. The Hall–Kier alpha value is -3.35. The number of nitrogens with two attached hydrogens (primary N) is 1. The number of hydrogen-bond acceptors (Lipinski definition) is 6. The van der Waals surface area contributed by atoms with Gasteiger partial charge in [0.15, 0.2) is 0 Å². The van der Waals surface area contributed by atoms with Crippen LogP contribution >= 0.6 is 0 Å². The fraction of sp³-hybridized carbons (Fsp3) is 0.227. The van der Waals surface area contributed by atoms with E-state index in [-0.39, 0.29) is 24.3 Å². The Balaban J connectivity index is 1.83. The Kier molecular flexibility index (Phi) is 5.20. The van der Waals surface area contributed by atoms with Gasteiger partial charge in [0.1, 0.15) is 12.4 Å². The highest BCUT2D eigenvalue weighted by Crippen LogP contribution is 2.38. The van der Waals surface area contributed by atoms with Gasteiger partial charge >= 0.3 is 0 Å². The number of fused-ring (bicyclic) bond motifs is 1. The van der Waals surface area contributed by atoms with Crippen molar-refractivity contribution < 1.29 is 9.23 Å². The van der Waals surface area contributed by atoms with Crippen molar-refractivity contribution in [3.8, 4) is 11.1 Å². The van der Waals surface area contributed by atoms with E-state index in [2.05, 4.69) is 27.0 Å². The fourth-order valence-electron chi connectivity index (χ4n) is 3.90. The van der Waals surface area contributed by atoms with Crippen molar-refractivity contribution in [1.29, 1.82) is 0 Å². The van der Waals surface area contributed by atoms with Gasteiger partial charge in [0.05, 0.1) is 17.1 Å². The lowest BCUT2D eigenvalue weighted by molar-refractivity contribution is 0.172. The molecule has 1 atom stereocenters. The maximum Gasteiger partial charge on any atom is 0.220 e. The molecular weight excluding hydrogens is 369 g/mol. The van der Waals surface area contributed by atoms with Gasteiger partial charge in [-0.2, -0.15) is 0 Å². The van der Waals surface area contributed by atoms with Crippen LogP contribution in [0.25, 0.3) is 11.1 Å². The second-order valence-electron chi connectivity index (χ2n) is 6.94. The van der Waals surface area contributed by atoms with E-state index in [4.69, 9.17) is 10.6 Å². The number of halogens is 1. The van der Waals surface area contributed by atoms with Crippen LogP contribution in [0, 0.1) is 19.7 Å². The van der Waals surface area contributed by atoms with E-state index in [1.807, 2.05) is 25.1 Å². The van der Waals surface area contributed by atoms with Crippen LogP contribution in [-0.4, -0.2) is 27.3 Å². The average molecular weight is 390 g/mol. The van der Waals surface area contributed by atoms with Gasteiger partial charge in [0.2, 0.25) is 5.95 Å². The number of aromatic nitrogens is 3. The highest BCUT2D eigenvalue weighted by molar-refractivity contribution is 6.03. The highest BCUT2D eigenvalue weighted by Gasteiger charge is 2.30. The van der Waals surface area contributed by atoms with Crippen molar-refractivity contribution in [2.24, 2.45) is 5.16 Å². The molecule has 2 aromatic heterocycles. The molecular formula is C22H21FN5O. The summed E-state index contributed by atoms with van der Waals surface area (Å²) in [6, 6.07) is 8.61. The lowest BCUT2D eigenvalue weighted by atomic mass is 9.78. The van der Waals surface area contributed by atoms with Crippen molar-refractivity contribution in [2.75, 3.05) is 12.3 Å². The van der Waals surface area contributed by atoms with E-state index < -0.39 is 0 Å². The number of benzene rings is 1. The van der Waals surface area contributed by atoms with Gasteiger partial charge in [-0.3, -0.25) is 4.98 Å². The monoisotopic (exact) mass is 390 g/mol. The molecule has 2 heterocycles. The van der Waals surface area contributed by atoms with Crippen LogP contribution in [0.1, 0.15) is 34.9 Å². The van der Waals surface area contributed by atoms with Crippen molar-refractivity contribution in [1.82, 2.24) is 15.0 Å². The maximum absolute atomic E-state index is 14.1. The number of nitrogen functional groups attached to an aromatic ring is 1. The lowest BCUT2D eigenvalue weighted by Crippen LogP contribution is -2.24. The fourth-order valence-corrected chi connectivity index (χ4v) is 3.90. The Morgan fingerprint density at radius 1 is 1.28 bits per heavy atom. The molecule has 1 aliphatic carbocycles. The van der Waals surface area contributed by atoms with Crippen LogP contribution in [0.4, 0.5) is 10.3 Å². The van der Waals surface area contributed by atoms with E-state index in [1.54, 1.807) is 18.5 Å². The van der Waals surface area contributed by atoms with Crippen molar-refractivity contribution in [2.45, 2.75) is 25.7 Å². The molecule has 3 aromatic rings. The number of nitrogens with zero attached hydrogens (tertiary/aromatic N) is 4. The van der Waals surface area contributed by atoms with Crippen LogP contribution in [0.15, 0.2) is 47.9 Å². The summed E-state index contributed by atoms with van der Waals surface area (Å²) in [5, 5.41) is 4.28. The second-order valence-corrected chi connectivity index (χ2v) is 6.94. The Morgan fingerprint density at radius 2 is 2.14 bits per heavy atom. The molecule has 29 heavy (non-hydrogen) atoms. The van der Waals surface area contributed by atoms with Crippen LogP contribution < -0.4 is 5.73 Å². The van der Waals surface area contributed by atoms with Crippen molar-refractivity contribution in [3.05, 3.63) is 78.0 Å². The Bertz CT molecular complexity index is 1070. The molecule has 0 saturated heterocycles. The van der Waals surface area contributed by atoms with Gasteiger partial charge in [-0.1, -0.05) is 17.3 Å². The van der Waals surface area contributed by atoms with E-state index in [0.717, 1.165) is 39.4 Å². The number of rotatable bonds is 4. The van der Waals surface area contributed by atoms with Gasteiger partial charge in [-0.25, -0.2) is 14.4 Å². The quantitative estimate of drug-likeness (QED) is 0.684. The Labute approximate surface area is 168 Å². The maximum atomic E-state index is 14.1. The van der Waals surface area contributed by atoms with E-state index in [1.165, 1.54) is 6.07 Å². The third-order valence-corrected chi connectivity index (χ3v) is 5.04. The molecule has 2 N–H and O–H groups in total. The second kappa shape index (κ2) is 7.95. The summed E-state index contributed by atoms with van der Waals surface area (Å²) in [5.74, 6) is -0.0365. The standard InChI is InChI=1S/C22H21FN5O/c1-3-29-28-20-10-15(9-19-21(20)13(2)26-22(24)27-19)17-7-6-16(23)11-18(17)14-5-4-8-25-12-14/h4-8,11-12,15H,1,3,9-10H2,2H3,(H2,24,26,27)/b28-20+/t15-/m0/s1. The molecule has 0 saturated carbocycles. The first kappa shape index (κ1) is 19.0. The van der Waals surface area contributed by atoms with Crippen LogP contribution in [-0.2, 0) is 11.3 Å². The molecule has 0 aliphatic heterocycles. The van der Waals surface area contributed by atoms with Crippen LogP contribution in [0.3, 0.4) is 0 Å². The number of pyridine rings is 1. The minimum absolute atomic E-state index is 0.0270. The van der Waals surface area contributed by atoms with E-state index in [0.29, 0.717) is 12.8 Å². The predicted octanol–water partition coefficient (Wildman–Crippen LogP) is 3.85. The first-order valence-corrected chi connectivity index (χ1v) is 9.38. The van der Waals surface area contributed by atoms with E-state index >= 15 is 0 Å². The molecule has 1 radical (unpaired) electrons. The molecule has 1 aliphatic rings. The summed E-state index contributed by atoms with van der Waals surface area (Å²) in [6.45, 7) is 5.78. The summed E-state index contributed by atoms with van der Waals surface area (Å²) >= 11 is 0. The number of hydrogen-bond donors (Lipinski definition) is 1. The average Bonchev–Trinajstić information content (AvgIpc) is 2.72. The van der Waals surface area contributed by atoms with Crippen molar-refractivity contribution in [3.63, 3.8) is 0 Å². The third kappa shape index (κ3) is 3.81. The third-order valence-electron chi connectivity index (χ3n) is 5.04. The zero-order chi connectivity index (χ0) is 20.4. The summed E-state index contributed by atoms with van der Waals surface area (Å²) < 4.78 is 14.1. The largest absolute Gasteiger partial charge is 0.396 e. The van der Waals surface area contributed by atoms with Gasteiger partial charge in [-0.15, -0.1) is 0 Å². The minimum atomic E-state index is -0.291. The summed E-state index contributed by atoms with van der Waals surface area (Å²) in [4.78, 5) is 18.2. The normalized spacial score (nSPS) is 17.2. The molecule has 0 bridgehead atoms. The number of aryl methyl sites for hydroxylation is 1. The van der Waals surface area contributed by atoms with Gasteiger partial charge in [0.25, 0.3) is 0 Å². The van der Waals surface area contributed by atoms with Gasteiger partial charge < -0.3 is 10.6 Å². The summed E-state index contributed by atoms with van der Waals surface area (Å²) in [5.41, 5.74) is 11.8. The number of anilines is 1. The topological polar surface area (TPSA) is 86.3 Å². The van der Waals surface area contributed by atoms with Gasteiger partial charge in [-0.05, 0) is 55.5 Å². The first-order valence-electron chi connectivity index (χ1n) is 9.38. The molecule has 0 unspecified atom stereocenters. The molecule has 0 amide bonds. The molecule has 1 aromatic carbocycles. The van der Waals surface area contributed by atoms with Crippen LogP contribution in [0.5, 0.6) is 0 Å². The zero-order valence-corrected chi connectivity index (χ0v) is 16.1. The number of oxime groups is 1.